The van der Waals surface area contributed by atoms with E-state index in [0.717, 1.165) is 0 Å². The van der Waals surface area contributed by atoms with E-state index in [0.29, 0.717) is 24.3 Å². The summed E-state index contributed by atoms with van der Waals surface area (Å²) in [6.45, 7) is 0.359. The molecule has 2 amide bonds. The highest BCUT2D eigenvalue weighted by Crippen LogP contribution is 2.25. The van der Waals surface area contributed by atoms with Crippen molar-refractivity contribution in [2.75, 3.05) is 30.4 Å². The van der Waals surface area contributed by atoms with Crippen LogP contribution in [0.25, 0.3) is 0 Å². The lowest BCUT2D eigenvalue weighted by Gasteiger charge is -2.19. The summed E-state index contributed by atoms with van der Waals surface area (Å²) in [7, 11) is 3.58. The van der Waals surface area contributed by atoms with Gasteiger partial charge in [0.2, 0.25) is 5.91 Å². The SMILES string of the molecule is CN(C)c1ncccc1C(=O)N[C@H]1CCN(c2ccccc2F)C1=O. The molecule has 1 aliphatic rings. The standard InChI is InChI=1S/C18H19FN4O2/c1-22(2)16-12(6-5-10-20-16)17(24)21-14-9-11-23(18(14)25)15-8-4-3-7-13(15)19/h3-8,10,14H,9,11H2,1-2H3,(H,21,24)/t14-/m0/s1. The van der Waals surface area contributed by atoms with Crippen LogP contribution < -0.4 is 15.1 Å². The number of carbonyl (C=O) groups excluding carboxylic acids is 2. The van der Waals surface area contributed by atoms with E-state index in [2.05, 4.69) is 10.3 Å². The molecular weight excluding hydrogens is 323 g/mol. The molecule has 0 unspecified atom stereocenters. The second kappa shape index (κ2) is 6.88. The molecule has 1 atom stereocenters. The number of para-hydroxylation sites is 1. The van der Waals surface area contributed by atoms with E-state index in [1.165, 1.54) is 11.0 Å². The zero-order valence-corrected chi connectivity index (χ0v) is 14.1. The lowest BCUT2D eigenvalue weighted by molar-refractivity contribution is -0.118. The number of rotatable bonds is 4. The number of halogens is 1. The summed E-state index contributed by atoms with van der Waals surface area (Å²) in [5, 5.41) is 2.74. The van der Waals surface area contributed by atoms with Gasteiger partial charge in [-0.15, -0.1) is 0 Å². The largest absolute Gasteiger partial charge is 0.362 e. The van der Waals surface area contributed by atoms with Gasteiger partial charge >= 0.3 is 0 Å². The fourth-order valence-electron chi connectivity index (χ4n) is 2.89. The van der Waals surface area contributed by atoms with E-state index < -0.39 is 11.9 Å². The highest BCUT2D eigenvalue weighted by Gasteiger charge is 2.35. The lowest BCUT2D eigenvalue weighted by atomic mass is 10.2. The van der Waals surface area contributed by atoms with Crippen molar-refractivity contribution >= 4 is 23.3 Å². The van der Waals surface area contributed by atoms with Gasteiger partial charge in [0.25, 0.3) is 5.91 Å². The Morgan fingerprint density at radius 2 is 2.04 bits per heavy atom. The van der Waals surface area contributed by atoms with Crippen molar-refractivity contribution in [2.24, 2.45) is 0 Å². The minimum absolute atomic E-state index is 0.236. The average Bonchev–Trinajstić information content (AvgIpc) is 2.96. The van der Waals surface area contributed by atoms with E-state index in [1.807, 2.05) is 0 Å². The summed E-state index contributed by atoms with van der Waals surface area (Å²) >= 11 is 0. The Hall–Kier alpha value is -2.96. The fourth-order valence-corrected chi connectivity index (χ4v) is 2.89. The Labute approximate surface area is 145 Å². The quantitative estimate of drug-likeness (QED) is 0.921. The Morgan fingerprint density at radius 1 is 1.28 bits per heavy atom. The van der Waals surface area contributed by atoms with Gasteiger partial charge < -0.3 is 15.1 Å². The third-order valence-corrected chi connectivity index (χ3v) is 4.11. The van der Waals surface area contributed by atoms with Crippen molar-refractivity contribution in [1.82, 2.24) is 10.3 Å². The second-order valence-corrected chi connectivity index (χ2v) is 6.03. The van der Waals surface area contributed by atoms with Crippen LogP contribution in [-0.2, 0) is 4.79 Å². The van der Waals surface area contributed by atoms with E-state index in [1.54, 1.807) is 55.5 Å². The molecule has 1 saturated heterocycles. The highest BCUT2D eigenvalue weighted by atomic mass is 19.1. The lowest BCUT2D eigenvalue weighted by Crippen LogP contribution is -2.42. The smallest absolute Gasteiger partial charge is 0.255 e. The molecule has 0 saturated carbocycles. The number of nitrogens with zero attached hydrogens (tertiary/aromatic N) is 3. The molecule has 0 aliphatic carbocycles. The van der Waals surface area contributed by atoms with Gasteiger partial charge in [-0.1, -0.05) is 12.1 Å². The van der Waals surface area contributed by atoms with E-state index in [-0.39, 0.29) is 17.5 Å². The molecule has 1 fully saturated rings. The molecule has 2 aromatic rings. The number of anilines is 2. The molecule has 0 bridgehead atoms. The summed E-state index contributed by atoms with van der Waals surface area (Å²) in [4.78, 5) is 32.4. The minimum Gasteiger partial charge on any atom is -0.362 e. The molecule has 130 valence electrons. The normalized spacial score (nSPS) is 16.8. The second-order valence-electron chi connectivity index (χ2n) is 6.03. The predicted molar refractivity (Wildman–Crippen MR) is 93.2 cm³/mol. The molecule has 2 heterocycles. The van der Waals surface area contributed by atoms with Gasteiger partial charge in [0.1, 0.15) is 17.7 Å². The predicted octanol–water partition coefficient (Wildman–Crippen LogP) is 1.82. The first-order chi connectivity index (χ1) is 12.0. The van der Waals surface area contributed by atoms with E-state index in [9.17, 15) is 14.0 Å². The fraction of sp³-hybridized carbons (Fsp3) is 0.278. The zero-order chi connectivity index (χ0) is 18.0. The van der Waals surface area contributed by atoms with Crippen LogP contribution in [0.2, 0.25) is 0 Å². The number of benzene rings is 1. The van der Waals surface area contributed by atoms with Crippen molar-refractivity contribution < 1.29 is 14.0 Å². The maximum atomic E-state index is 13.9. The van der Waals surface area contributed by atoms with Gasteiger partial charge in [-0.05, 0) is 30.7 Å². The molecular formula is C18H19FN4O2. The van der Waals surface area contributed by atoms with Gasteiger partial charge in [-0.2, -0.15) is 0 Å². The van der Waals surface area contributed by atoms with Crippen LogP contribution in [0.15, 0.2) is 42.6 Å². The maximum Gasteiger partial charge on any atom is 0.255 e. The molecule has 1 aromatic carbocycles. The molecule has 7 heteroatoms. The van der Waals surface area contributed by atoms with Gasteiger partial charge in [-0.3, -0.25) is 9.59 Å². The van der Waals surface area contributed by atoms with Crippen LogP contribution >= 0.6 is 0 Å². The number of pyridine rings is 1. The number of nitrogens with one attached hydrogen (secondary N) is 1. The number of amides is 2. The summed E-state index contributed by atoms with van der Waals surface area (Å²) in [6.07, 6.45) is 2.03. The average molecular weight is 342 g/mol. The van der Waals surface area contributed by atoms with Crippen molar-refractivity contribution in [3.8, 4) is 0 Å². The molecule has 0 spiro atoms. The van der Waals surface area contributed by atoms with Gasteiger partial charge in [0, 0.05) is 26.8 Å². The van der Waals surface area contributed by atoms with Crippen LogP contribution in [0.4, 0.5) is 15.9 Å². The van der Waals surface area contributed by atoms with Crippen molar-refractivity contribution in [3.63, 3.8) is 0 Å². The number of carbonyl (C=O) groups is 2. The molecule has 3 rings (SSSR count). The first kappa shape index (κ1) is 16.9. The Kier molecular flexibility index (Phi) is 4.65. The number of hydrogen-bond acceptors (Lipinski definition) is 4. The number of hydrogen-bond donors (Lipinski definition) is 1. The van der Waals surface area contributed by atoms with Crippen molar-refractivity contribution in [3.05, 3.63) is 54.0 Å². The minimum atomic E-state index is -0.678. The van der Waals surface area contributed by atoms with E-state index >= 15 is 0 Å². The molecule has 0 radical (unpaired) electrons. The van der Waals surface area contributed by atoms with Crippen LogP contribution in [0.3, 0.4) is 0 Å². The van der Waals surface area contributed by atoms with Crippen molar-refractivity contribution in [2.45, 2.75) is 12.5 Å². The highest BCUT2D eigenvalue weighted by molar-refractivity contribution is 6.05. The third kappa shape index (κ3) is 3.31. The zero-order valence-electron chi connectivity index (χ0n) is 14.1. The maximum absolute atomic E-state index is 13.9. The van der Waals surface area contributed by atoms with Crippen LogP contribution in [0.5, 0.6) is 0 Å². The molecule has 1 N–H and O–H groups in total. The van der Waals surface area contributed by atoms with E-state index in [4.69, 9.17) is 0 Å². The summed E-state index contributed by atoms with van der Waals surface area (Å²) in [5.74, 6) is -0.610. The summed E-state index contributed by atoms with van der Waals surface area (Å²) in [6, 6.07) is 8.77. The monoisotopic (exact) mass is 342 g/mol. The molecule has 1 aliphatic heterocycles. The molecule has 1 aromatic heterocycles. The summed E-state index contributed by atoms with van der Waals surface area (Å²) in [5.41, 5.74) is 0.629. The van der Waals surface area contributed by atoms with Gasteiger partial charge in [-0.25, -0.2) is 9.37 Å². The summed E-state index contributed by atoms with van der Waals surface area (Å²) < 4.78 is 13.9. The van der Waals surface area contributed by atoms with Gasteiger partial charge in [0.15, 0.2) is 0 Å². The number of aromatic nitrogens is 1. The first-order valence-corrected chi connectivity index (χ1v) is 7.98. The van der Waals surface area contributed by atoms with Crippen molar-refractivity contribution in [1.29, 1.82) is 0 Å². The van der Waals surface area contributed by atoms with Crippen LogP contribution in [0.1, 0.15) is 16.8 Å². The topological polar surface area (TPSA) is 65.5 Å². The third-order valence-electron chi connectivity index (χ3n) is 4.11. The Balaban J connectivity index is 1.76. The van der Waals surface area contributed by atoms with Crippen LogP contribution in [-0.4, -0.2) is 43.5 Å². The van der Waals surface area contributed by atoms with Gasteiger partial charge in [0.05, 0.1) is 11.3 Å². The molecule has 6 nitrogen and oxygen atoms in total. The Morgan fingerprint density at radius 3 is 2.76 bits per heavy atom. The first-order valence-electron chi connectivity index (χ1n) is 7.98. The molecule has 25 heavy (non-hydrogen) atoms. The Bertz CT molecular complexity index is 809. The van der Waals surface area contributed by atoms with Crippen LogP contribution in [0, 0.1) is 5.82 Å².